The van der Waals surface area contributed by atoms with Gasteiger partial charge in [-0.15, -0.1) is 0 Å². The molecule has 1 saturated heterocycles. The number of nitrogens with one attached hydrogen (secondary N) is 1. The summed E-state index contributed by atoms with van der Waals surface area (Å²) in [6.07, 6.45) is -0.301. The Labute approximate surface area is 225 Å². The van der Waals surface area contributed by atoms with E-state index in [2.05, 4.69) is 20.3 Å². The van der Waals surface area contributed by atoms with E-state index in [1.54, 1.807) is 11.8 Å². The van der Waals surface area contributed by atoms with E-state index < -0.39 is 70.3 Å². The van der Waals surface area contributed by atoms with Gasteiger partial charge in [-0.25, -0.2) is 15.0 Å². The van der Waals surface area contributed by atoms with Crippen molar-refractivity contribution in [3.05, 3.63) is 12.7 Å². The van der Waals surface area contributed by atoms with Gasteiger partial charge in [0.1, 0.15) is 36.2 Å². The predicted molar refractivity (Wildman–Crippen MR) is 133 cm³/mol. The number of nitrogen functional groups attached to an aromatic ring is 1. The summed E-state index contributed by atoms with van der Waals surface area (Å²) in [7, 11) is -4.84. The monoisotopic (exact) mass is 596 g/mol. The minimum Gasteiger partial charge on any atom is -0.481 e. The third-order valence-corrected chi connectivity index (χ3v) is 7.20. The minimum atomic E-state index is -4.84. The molecule has 0 aromatic carbocycles. The van der Waals surface area contributed by atoms with Gasteiger partial charge < -0.3 is 41.3 Å². The number of anilines is 1. The number of carboxylic acids is 3. The maximum absolute atomic E-state index is 11.3. The van der Waals surface area contributed by atoms with E-state index >= 15 is 0 Å². The van der Waals surface area contributed by atoms with Crippen molar-refractivity contribution >= 4 is 56.8 Å². The highest BCUT2D eigenvalue weighted by Crippen LogP contribution is 2.31. The number of nitrogens with zero attached hydrogens (tertiary/aromatic N) is 4. The average molecular weight is 597 g/mol. The fraction of sp³-hybridized carbons (Fsp3) is 0.579. The molecule has 0 aliphatic carbocycles. The third kappa shape index (κ3) is 8.42. The molecule has 6 atom stereocenters. The van der Waals surface area contributed by atoms with Crippen LogP contribution in [0.3, 0.4) is 0 Å². The van der Waals surface area contributed by atoms with Crippen molar-refractivity contribution in [2.24, 2.45) is 0 Å². The topological polar surface area (TPSA) is 298 Å². The van der Waals surface area contributed by atoms with Gasteiger partial charge in [-0.05, 0) is 18.4 Å². The number of aliphatic hydroxyl groups is 2. The van der Waals surface area contributed by atoms with Crippen LogP contribution in [0.4, 0.5) is 5.82 Å². The molecule has 0 saturated carbocycles. The van der Waals surface area contributed by atoms with Crippen LogP contribution in [0.1, 0.15) is 19.1 Å². The number of aliphatic carboxylic acids is 3. The number of thioether (sulfide) groups is 1. The Morgan fingerprint density at radius 3 is 2.33 bits per heavy atom. The Kier molecular flexibility index (Phi) is 11.3. The largest absolute Gasteiger partial charge is 0.481 e. The van der Waals surface area contributed by atoms with E-state index in [9.17, 15) is 38.1 Å². The fourth-order valence-corrected chi connectivity index (χ4v) is 4.55. The van der Waals surface area contributed by atoms with E-state index in [-0.39, 0.29) is 12.4 Å². The number of imidazole rings is 1. The first kappa shape index (κ1) is 32.1. The molecule has 2 aromatic heterocycles. The molecule has 3 heterocycles. The van der Waals surface area contributed by atoms with Crippen LogP contribution in [0.25, 0.3) is 11.2 Å². The number of nitrogens with two attached hydrogens (primary N) is 1. The zero-order valence-corrected chi connectivity index (χ0v) is 21.9. The number of rotatable bonds is 12. The first-order valence-electron chi connectivity index (χ1n) is 11.0. The average Bonchev–Trinajstić information content (AvgIpc) is 3.39. The number of hydrogen-bond acceptors (Lipinski definition) is 14. The van der Waals surface area contributed by atoms with E-state index in [1.807, 2.05) is 6.26 Å². The van der Waals surface area contributed by atoms with Crippen molar-refractivity contribution in [2.45, 2.75) is 48.7 Å². The van der Waals surface area contributed by atoms with Crippen molar-refractivity contribution < 1.29 is 57.6 Å². The lowest BCUT2D eigenvalue weighted by atomic mass is 10.1. The quantitative estimate of drug-likeness (QED) is 0.119. The van der Waals surface area contributed by atoms with Crippen LogP contribution >= 0.6 is 11.8 Å². The zero-order valence-electron chi connectivity index (χ0n) is 20.3. The molecule has 1 aliphatic rings. The molecule has 2 aromatic rings. The number of aliphatic hydroxyl groups excluding tert-OH is 2. The summed E-state index contributed by atoms with van der Waals surface area (Å²) in [5, 5.41) is 46.8. The zero-order chi connectivity index (χ0) is 29.5. The smallest absolute Gasteiger partial charge is 0.325 e. The predicted octanol–water partition coefficient (Wildman–Crippen LogP) is -2.37. The molecule has 3 rings (SSSR count). The van der Waals surface area contributed by atoms with Crippen LogP contribution < -0.4 is 11.1 Å². The van der Waals surface area contributed by atoms with Crippen LogP contribution in [0, 0.1) is 0 Å². The standard InChI is InChI=1S/C15H22N6O5S.C4H6O7S/c1-27-3-2-7(15(24)25)17-4-8-10(22)11(23)14(26-8)21-6-20-9-12(16)18-5-19-13(9)21;5-3(6)1-2(4(7)8)12(9,10)11/h5-8,10-11,14,17,22-23H,2-4H2,1H3,(H,24,25)(H2,16,18,19);2H,1H2,(H,5,6)(H,7,8)(H,9,10,11)/t7?,8-,10-,11-,14-;/m1./s1. The first-order valence-corrected chi connectivity index (χ1v) is 13.9. The Morgan fingerprint density at radius 1 is 1.15 bits per heavy atom. The highest BCUT2D eigenvalue weighted by molar-refractivity contribution is 7.98. The lowest BCUT2D eigenvalue weighted by molar-refractivity contribution is -0.143. The molecule has 9 N–H and O–H groups in total. The van der Waals surface area contributed by atoms with Gasteiger partial charge in [0.05, 0.1) is 12.7 Å². The summed E-state index contributed by atoms with van der Waals surface area (Å²) in [5.41, 5.74) is 6.50. The molecule has 0 radical (unpaired) electrons. The first-order chi connectivity index (χ1) is 18.2. The normalized spacial score (nSPS) is 22.6. The fourth-order valence-electron chi connectivity index (χ4n) is 3.47. The minimum absolute atomic E-state index is 0.0732. The van der Waals surface area contributed by atoms with E-state index in [0.717, 1.165) is 0 Å². The molecule has 0 bridgehead atoms. The van der Waals surface area contributed by atoms with Gasteiger partial charge in [0.15, 0.2) is 22.9 Å². The highest BCUT2D eigenvalue weighted by atomic mass is 32.2. The molecule has 2 unspecified atom stereocenters. The van der Waals surface area contributed by atoms with E-state index in [4.69, 9.17) is 25.2 Å². The van der Waals surface area contributed by atoms with Gasteiger partial charge in [-0.2, -0.15) is 20.2 Å². The summed E-state index contributed by atoms with van der Waals surface area (Å²) >= 11 is 1.55. The highest BCUT2D eigenvalue weighted by Gasteiger charge is 2.44. The van der Waals surface area contributed by atoms with Gasteiger partial charge in [0.2, 0.25) is 0 Å². The second-order valence-electron chi connectivity index (χ2n) is 8.15. The van der Waals surface area contributed by atoms with Crippen LogP contribution in [0.2, 0.25) is 0 Å². The van der Waals surface area contributed by atoms with Crippen LogP contribution in [-0.2, 0) is 29.2 Å². The lowest BCUT2D eigenvalue weighted by Gasteiger charge is -2.19. The van der Waals surface area contributed by atoms with Crippen molar-refractivity contribution in [3.8, 4) is 0 Å². The molecule has 18 nitrogen and oxygen atoms in total. The Hall–Kier alpha value is -3.14. The second-order valence-corrected chi connectivity index (χ2v) is 10.7. The van der Waals surface area contributed by atoms with Crippen molar-refractivity contribution in [1.82, 2.24) is 24.8 Å². The molecule has 0 amide bonds. The second kappa shape index (κ2) is 13.8. The van der Waals surface area contributed by atoms with Gasteiger partial charge in [0.25, 0.3) is 10.1 Å². The van der Waals surface area contributed by atoms with Gasteiger partial charge in [0, 0.05) is 6.54 Å². The molecule has 39 heavy (non-hydrogen) atoms. The van der Waals surface area contributed by atoms with Crippen molar-refractivity contribution in [3.63, 3.8) is 0 Å². The molecule has 0 spiro atoms. The number of carboxylic acid groups (broad SMARTS) is 3. The summed E-state index contributed by atoms with van der Waals surface area (Å²) in [4.78, 5) is 43.4. The van der Waals surface area contributed by atoms with E-state index in [0.29, 0.717) is 23.3 Å². The van der Waals surface area contributed by atoms with Crippen LogP contribution in [0.15, 0.2) is 12.7 Å². The number of aromatic nitrogens is 4. The van der Waals surface area contributed by atoms with Gasteiger partial charge in [-0.1, -0.05) is 0 Å². The van der Waals surface area contributed by atoms with Crippen molar-refractivity contribution in [1.29, 1.82) is 0 Å². The molecule has 218 valence electrons. The SMILES string of the molecule is CSCCC(NC[C@H]1O[C@@H](n2cnc3c(N)ncnc32)[C@H](O)[C@@H]1O)C(=O)O.O=C(O)CC(C(=O)O)S(=O)(=O)O. The third-order valence-electron chi connectivity index (χ3n) is 5.47. The van der Waals surface area contributed by atoms with Crippen molar-refractivity contribution in [2.75, 3.05) is 24.3 Å². The lowest BCUT2D eigenvalue weighted by Crippen LogP contribution is -2.44. The molecule has 20 heteroatoms. The van der Waals surface area contributed by atoms with Crippen LogP contribution in [-0.4, -0.2) is 124 Å². The van der Waals surface area contributed by atoms with Gasteiger partial charge >= 0.3 is 17.9 Å². The number of ether oxygens (including phenoxy) is 1. The Morgan fingerprint density at radius 2 is 1.82 bits per heavy atom. The molecule has 1 aliphatic heterocycles. The summed E-state index contributed by atoms with van der Waals surface area (Å²) in [6, 6.07) is -0.758. The Bertz CT molecular complexity index is 1270. The molecule has 1 fully saturated rings. The summed E-state index contributed by atoms with van der Waals surface area (Å²) in [6.45, 7) is 0.0732. The molecular weight excluding hydrogens is 568 g/mol. The van der Waals surface area contributed by atoms with Crippen LogP contribution in [0.5, 0.6) is 0 Å². The van der Waals surface area contributed by atoms with Gasteiger partial charge in [-0.3, -0.25) is 23.5 Å². The number of hydrogen-bond donors (Lipinski definition) is 8. The number of fused-ring (bicyclic) bond motifs is 1. The Balaban J connectivity index is 0.000000377. The maximum atomic E-state index is 11.3. The molecular formula is C19H28N6O12S2. The van der Waals surface area contributed by atoms with E-state index in [1.165, 1.54) is 17.2 Å². The summed E-state index contributed by atoms with van der Waals surface area (Å²) < 4.78 is 35.9. The summed E-state index contributed by atoms with van der Waals surface area (Å²) in [5.74, 6) is -3.59. The maximum Gasteiger partial charge on any atom is 0.325 e. The number of carbonyl (C=O) groups is 3.